The maximum absolute atomic E-state index is 14.3. The van der Waals surface area contributed by atoms with Gasteiger partial charge in [0.05, 0.1) is 5.56 Å². The van der Waals surface area contributed by atoms with E-state index in [4.69, 9.17) is 4.74 Å². The van der Waals surface area contributed by atoms with Gasteiger partial charge in [0.2, 0.25) is 0 Å². The molecule has 0 saturated carbocycles. The van der Waals surface area contributed by atoms with Crippen LogP contribution < -0.4 is 0 Å². The van der Waals surface area contributed by atoms with Gasteiger partial charge in [0, 0.05) is 0 Å². The van der Waals surface area contributed by atoms with E-state index < -0.39 is 17.4 Å². The molecule has 0 aliphatic carbocycles. The molecular formula is C19H19FO2. The number of carbonyl (C=O) groups excluding carboxylic acids is 1. The molecule has 2 aromatic carbocycles. The molecule has 2 rings (SSSR count). The van der Waals surface area contributed by atoms with Crippen molar-refractivity contribution in [3.8, 4) is 11.1 Å². The van der Waals surface area contributed by atoms with Crippen molar-refractivity contribution < 1.29 is 13.9 Å². The molecule has 2 aromatic rings. The van der Waals surface area contributed by atoms with Gasteiger partial charge in [0.15, 0.2) is 0 Å². The Kier molecular flexibility index (Phi) is 4.45. The second-order valence-electron chi connectivity index (χ2n) is 5.99. The maximum Gasteiger partial charge on any atom is 0.341 e. The third kappa shape index (κ3) is 3.61. The van der Waals surface area contributed by atoms with Gasteiger partial charge in [-0.1, -0.05) is 43.0 Å². The van der Waals surface area contributed by atoms with E-state index in [1.54, 1.807) is 32.9 Å². The highest BCUT2D eigenvalue weighted by atomic mass is 19.1. The minimum Gasteiger partial charge on any atom is -0.456 e. The summed E-state index contributed by atoms with van der Waals surface area (Å²) in [5, 5.41) is 0. The monoisotopic (exact) mass is 298 g/mol. The Labute approximate surface area is 130 Å². The van der Waals surface area contributed by atoms with Crippen molar-refractivity contribution in [2.24, 2.45) is 0 Å². The third-order valence-electron chi connectivity index (χ3n) is 3.08. The van der Waals surface area contributed by atoms with E-state index in [1.807, 2.05) is 24.3 Å². The van der Waals surface area contributed by atoms with Gasteiger partial charge >= 0.3 is 5.97 Å². The number of benzene rings is 2. The number of esters is 1. The predicted octanol–water partition coefficient (Wildman–Crippen LogP) is 5.09. The van der Waals surface area contributed by atoms with Crippen LogP contribution in [-0.4, -0.2) is 11.6 Å². The fourth-order valence-electron chi connectivity index (χ4n) is 2.12. The van der Waals surface area contributed by atoms with E-state index in [0.29, 0.717) is 5.56 Å². The van der Waals surface area contributed by atoms with Crippen molar-refractivity contribution in [3.05, 3.63) is 66.0 Å². The molecule has 0 spiro atoms. The van der Waals surface area contributed by atoms with Crippen LogP contribution in [0, 0.1) is 5.82 Å². The second-order valence-corrected chi connectivity index (χ2v) is 5.99. The molecule has 0 radical (unpaired) electrons. The van der Waals surface area contributed by atoms with Crippen LogP contribution >= 0.6 is 0 Å². The molecule has 0 unspecified atom stereocenters. The van der Waals surface area contributed by atoms with Crippen LogP contribution in [0.5, 0.6) is 0 Å². The molecule has 0 saturated heterocycles. The number of halogens is 1. The fourth-order valence-corrected chi connectivity index (χ4v) is 2.12. The molecule has 0 aliphatic rings. The Morgan fingerprint density at radius 2 is 1.86 bits per heavy atom. The Hall–Kier alpha value is -2.42. The third-order valence-corrected chi connectivity index (χ3v) is 3.08. The van der Waals surface area contributed by atoms with Gasteiger partial charge in [-0.15, -0.1) is 0 Å². The summed E-state index contributed by atoms with van der Waals surface area (Å²) in [5.74, 6) is -1.25. The lowest BCUT2D eigenvalue weighted by molar-refractivity contribution is 0.00648. The standard InChI is InChI=1S/C19H19FO2/c1-5-13-8-6-7-9-15(13)14-10-11-16(17(20)12-14)18(21)22-19(2,3)4/h5-12H,1H2,2-4H3. The van der Waals surface area contributed by atoms with Gasteiger partial charge in [-0.05, 0) is 49.6 Å². The van der Waals surface area contributed by atoms with Crippen LogP contribution in [-0.2, 0) is 4.74 Å². The van der Waals surface area contributed by atoms with Crippen LogP contribution in [0.4, 0.5) is 4.39 Å². The predicted molar refractivity (Wildman–Crippen MR) is 87.1 cm³/mol. The fraction of sp³-hybridized carbons (Fsp3) is 0.211. The minimum atomic E-state index is -0.659. The maximum atomic E-state index is 14.3. The zero-order valence-electron chi connectivity index (χ0n) is 13.0. The minimum absolute atomic E-state index is 0.0604. The highest BCUT2D eigenvalue weighted by Gasteiger charge is 2.21. The summed E-state index contributed by atoms with van der Waals surface area (Å²) >= 11 is 0. The van der Waals surface area contributed by atoms with E-state index in [0.717, 1.165) is 11.1 Å². The van der Waals surface area contributed by atoms with Crippen LogP contribution in [0.2, 0.25) is 0 Å². The van der Waals surface area contributed by atoms with Crippen molar-refractivity contribution in [2.45, 2.75) is 26.4 Å². The van der Waals surface area contributed by atoms with Gasteiger partial charge < -0.3 is 4.74 Å². The first kappa shape index (κ1) is 16.0. The molecule has 0 heterocycles. The molecule has 3 heteroatoms. The van der Waals surface area contributed by atoms with Crippen molar-refractivity contribution in [1.82, 2.24) is 0 Å². The van der Waals surface area contributed by atoms with Gasteiger partial charge in [-0.2, -0.15) is 0 Å². The topological polar surface area (TPSA) is 26.3 Å². The molecule has 0 bridgehead atoms. The van der Waals surface area contributed by atoms with E-state index in [-0.39, 0.29) is 5.56 Å². The lowest BCUT2D eigenvalue weighted by atomic mass is 9.98. The molecule has 0 aliphatic heterocycles. The molecule has 0 amide bonds. The molecule has 114 valence electrons. The van der Waals surface area contributed by atoms with Crippen LogP contribution in [0.3, 0.4) is 0 Å². The normalized spacial score (nSPS) is 11.1. The van der Waals surface area contributed by atoms with Crippen molar-refractivity contribution >= 4 is 12.0 Å². The number of ether oxygens (including phenoxy) is 1. The zero-order valence-corrected chi connectivity index (χ0v) is 13.0. The van der Waals surface area contributed by atoms with E-state index >= 15 is 0 Å². The first-order valence-electron chi connectivity index (χ1n) is 7.06. The molecular weight excluding hydrogens is 279 g/mol. The number of rotatable bonds is 3. The SMILES string of the molecule is C=Cc1ccccc1-c1ccc(C(=O)OC(C)(C)C)c(F)c1. The van der Waals surface area contributed by atoms with Crippen molar-refractivity contribution in [2.75, 3.05) is 0 Å². The highest BCUT2D eigenvalue weighted by Crippen LogP contribution is 2.27. The van der Waals surface area contributed by atoms with Crippen molar-refractivity contribution in [1.29, 1.82) is 0 Å². The number of hydrogen-bond acceptors (Lipinski definition) is 2. The second kappa shape index (κ2) is 6.14. The van der Waals surface area contributed by atoms with Crippen molar-refractivity contribution in [3.63, 3.8) is 0 Å². The highest BCUT2D eigenvalue weighted by molar-refractivity contribution is 5.91. The molecule has 0 atom stereocenters. The molecule has 0 fully saturated rings. The smallest absolute Gasteiger partial charge is 0.341 e. The number of carbonyl (C=O) groups is 1. The van der Waals surface area contributed by atoms with Gasteiger partial charge in [-0.25, -0.2) is 9.18 Å². The van der Waals surface area contributed by atoms with Gasteiger partial charge in [0.25, 0.3) is 0 Å². The summed E-state index contributed by atoms with van der Waals surface area (Å²) in [6, 6.07) is 12.1. The summed E-state index contributed by atoms with van der Waals surface area (Å²) in [7, 11) is 0. The largest absolute Gasteiger partial charge is 0.456 e. The lowest BCUT2D eigenvalue weighted by Crippen LogP contribution is -2.24. The Morgan fingerprint density at radius 1 is 1.18 bits per heavy atom. The molecule has 2 nitrogen and oxygen atoms in total. The lowest BCUT2D eigenvalue weighted by Gasteiger charge is -2.19. The van der Waals surface area contributed by atoms with Crippen LogP contribution in [0.15, 0.2) is 49.0 Å². The summed E-state index contributed by atoms with van der Waals surface area (Å²) in [5.41, 5.74) is 1.76. The van der Waals surface area contributed by atoms with Crippen LogP contribution in [0.25, 0.3) is 17.2 Å². The first-order valence-corrected chi connectivity index (χ1v) is 7.06. The zero-order chi connectivity index (χ0) is 16.3. The van der Waals surface area contributed by atoms with E-state index in [9.17, 15) is 9.18 Å². The quantitative estimate of drug-likeness (QED) is 0.738. The number of hydrogen-bond donors (Lipinski definition) is 0. The van der Waals surface area contributed by atoms with Gasteiger partial charge in [-0.3, -0.25) is 0 Å². The van der Waals surface area contributed by atoms with E-state index in [2.05, 4.69) is 6.58 Å². The summed E-state index contributed by atoms with van der Waals surface area (Å²) in [6.45, 7) is 9.00. The Morgan fingerprint density at radius 3 is 2.45 bits per heavy atom. The average molecular weight is 298 g/mol. The molecule has 0 aromatic heterocycles. The summed E-state index contributed by atoms with van der Waals surface area (Å²) in [6.07, 6.45) is 1.72. The first-order chi connectivity index (χ1) is 10.3. The molecule has 0 N–H and O–H groups in total. The van der Waals surface area contributed by atoms with Crippen LogP contribution in [0.1, 0.15) is 36.7 Å². The average Bonchev–Trinajstić information content (AvgIpc) is 2.45. The molecule has 22 heavy (non-hydrogen) atoms. The summed E-state index contributed by atoms with van der Waals surface area (Å²) < 4.78 is 19.5. The summed E-state index contributed by atoms with van der Waals surface area (Å²) in [4.78, 5) is 12.0. The Bertz CT molecular complexity index is 712. The Balaban J connectivity index is 2.38. The van der Waals surface area contributed by atoms with Gasteiger partial charge in [0.1, 0.15) is 11.4 Å². The van der Waals surface area contributed by atoms with E-state index in [1.165, 1.54) is 12.1 Å².